The number of ether oxygens (including phenoxy) is 1. The van der Waals surface area contributed by atoms with E-state index >= 15 is 0 Å². The molecule has 2 rings (SSSR count). The van der Waals surface area contributed by atoms with Gasteiger partial charge < -0.3 is 14.6 Å². The molecule has 1 heterocycles. The Morgan fingerprint density at radius 3 is 2.79 bits per heavy atom. The summed E-state index contributed by atoms with van der Waals surface area (Å²) in [5, 5.41) is 3.47. The molecule has 1 unspecified atom stereocenters. The molecule has 1 N–H and O–H groups in total. The molecule has 0 spiro atoms. The van der Waals surface area contributed by atoms with Gasteiger partial charge >= 0.3 is 0 Å². The van der Waals surface area contributed by atoms with Gasteiger partial charge in [0.15, 0.2) is 0 Å². The van der Waals surface area contributed by atoms with E-state index in [0.717, 1.165) is 32.2 Å². The van der Waals surface area contributed by atoms with Crippen LogP contribution in [0.25, 0.3) is 0 Å². The fourth-order valence-electron chi connectivity index (χ4n) is 3.38. The first-order valence-corrected chi connectivity index (χ1v) is 7.48. The van der Waals surface area contributed by atoms with Crippen LogP contribution in [0.15, 0.2) is 12.4 Å². The van der Waals surface area contributed by atoms with E-state index in [2.05, 4.69) is 28.0 Å². The minimum Gasteiger partial charge on any atom is -0.377 e. The molecule has 19 heavy (non-hydrogen) atoms. The highest BCUT2D eigenvalue weighted by Crippen LogP contribution is 2.36. The molecule has 0 amide bonds. The van der Waals surface area contributed by atoms with Gasteiger partial charge in [-0.25, -0.2) is 4.98 Å². The predicted molar refractivity (Wildman–Crippen MR) is 77.3 cm³/mol. The largest absolute Gasteiger partial charge is 0.377 e. The van der Waals surface area contributed by atoms with Crippen LogP contribution in [0.5, 0.6) is 0 Å². The van der Waals surface area contributed by atoms with Crippen molar-refractivity contribution in [1.29, 1.82) is 0 Å². The molecule has 108 valence electrons. The third kappa shape index (κ3) is 3.00. The van der Waals surface area contributed by atoms with Crippen molar-refractivity contribution in [2.75, 3.05) is 14.2 Å². The second kappa shape index (κ2) is 6.53. The summed E-state index contributed by atoms with van der Waals surface area (Å²) in [6, 6.07) is 0.345. The van der Waals surface area contributed by atoms with Crippen molar-refractivity contribution < 1.29 is 4.74 Å². The number of likely N-dealkylation sites (N-methyl/N-ethyl adjacent to an activating group) is 1. The summed E-state index contributed by atoms with van der Waals surface area (Å²) in [6.45, 7) is 3.25. The minimum atomic E-state index is -0.00224. The summed E-state index contributed by atoms with van der Waals surface area (Å²) >= 11 is 0. The Bertz CT molecular complexity index is 382. The van der Waals surface area contributed by atoms with E-state index in [1.807, 2.05) is 20.4 Å². The molecule has 4 heteroatoms. The fraction of sp³-hybridized carbons (Fsp3) is 0.800. The van der Waals surface area contributed by atoms with E-state index in [9.17, 15) is 0 Å². The number of hydrogen-bond donors (Lipinski definition) is 1. The Labute approximate surface area is 116 Å². The van der Waals surface area contributed by atoms with E-state index < -0.39 is 0 Å². The molecule has 0 saturated heterocycles. The van der Waals surface area contributed by atoms with Crippen molar-refractivity contribution in [3.05, 3.63) is 18.2 Å². The van der Waals surface area contributed by atoms with E-state index in [4.69, 9.17) is 4.74 Å². The third-order valence-electron chi connectivity index (χ3n) is 4.49. The van der Waals surface area contributed by atoms with E-state index in [-0.39, 0.29) is 5.60 Å². The van der Waals surface area contributed by atoms with Gasteiger partial charge in [0.1, 0.15) is 5.82 Å². The molecule has 0 aliphatic heterocycles. The molecule has 1 saturated carbocycles. The Hall–Kier alpha value is -0.870. The molecule has 1 aliphatic carbocycles. The zero-order valence-electron chi connectivity index (χ0n) is 12.5. The second-order valence-corrected chi connectivity index (χ2v) is 5.56. The maximum Gasteiger partial charge on any atom is 0.110 e. The molecule has 0 radical (unpaired) electrons. The van der Waals surface area contributed by atoms with Crippen LogP contribution in [0.2, 0.25) is 0 Å². The van der Waals surface area contributed by atoms with Gasteiger partial charge in [-0.15, -0.1) is 0 Å². The Morgan fingerprint density at radius 1 is 1.47 bits per heavy atom. The second-order valence-electron chi connectivity index (χ2n) is 5.56. The first-order valence-electron chi connectivity index (χ1n) is 7.48. The lowest BCUT2D eigenvalue weighted by molar-refractivity contribution is -0.0342. The number of imidazole rings is 1. The van der Waals surface area contributed by atoms with Gasteiger partial charge in [0, 0.05) is 38.5 Å². The average Bonchev–Trinajstić information content (AvgIpc) is 3.06. The van der Waals surface area contributed by atoms with Gasteiger partial charge in [-0.1, -0.05) is 19.8 Å². The molecule has 4 nitrogen and oxygen atoms in total. The van der Waals surface area contributed by atoms with Crippen LogP contribution in [-0.2, 0) is 17.7 Å². The van der Waals surface area contributed by atoms with Crippen molar-refractivity contribution in [2.24, 2.45) is 0 Å². The number of hydrogen-bond acceptors (Lipinski definition) is 3. The zero-order valence-corrected chi connectivity index (χ0v) is 12.5. The number of nitrogens with one attached hydrogen (secondary N) is 1. The zero-order chi connectivity index (χ0) is 13.7. The van der Waals surface area contributed by atoms with E-state index in [0.29, 0.717) is 6.04 Å². The van der Waals surface area contributed by atoms with Crippen LogP contribution in [0, 0.1) is 0 Å². The molecule has 1 fully saturated rings. The molecule has 1 aromatic heterocycles. The van der Waals surface area contributed by atoms with Crippen molar-refractivity contribution in [1.82, 2.24) is 14.9 Å². The van der Waals surface area contributed by atoms with Gasteiger partial charge in [0.2, 0.25) is 0 Å². The highest BCUT2D eigenvalue weighted by molar-refractivity contribution is 5.04. The highest BCUT2D eigenvalue weighted by atomic mass is 16.5. The summed E-state index contributed by atoms with van der Waals surface area (Å²) in [5.74, 6) is 1.17. The molecular formula is C15H27N3O. The lowest BCUT2D eigenvalue weighted by atomic mass is 9.89. The quantitative estimate of drug-likeness (QED) is 0.822. The van der Waals surface area contributed by atoms with E-state index in [1.165, 1.54) is 18.7 Å². The Kier molecular flexibility index (Phi) is 4.99. The van der Waals surface area contributed by atoms with Crippen LogP contribution in [0.3, 0.4) is 0 Å². The molecule has 1 aliphatic rings. The lowest BCUT2D eigenvalue weighted by Crippen LogP contribution is -2.50. The maximum absolute atomic E-state index is 5.90. The summed E-state index contributed by atoms with van der Waals surface area (Å²) in [5.41, 5.74) is -0.00224. The minimum absolute atomic E-state index is 0.00224. The third-order valence-corrected chi connectivity index (χ3v) is 4.49. The standard InChI is InChI=1S/C15H27N3O/c1-4-10-18-11-9-17-14(18)12-13(16-2)15(19-3)7-5-6-8-15/h9,11,13,16H,4-8,10,12H2,1-3H3. The summed E-state index contributed by atoms with van der Waals surface area (Å²) < 4.78 is 8.17. The van der Waals surface area contributed by atoms with Crippen LogP contribution < -0.4 is 5.32 Å². The monoisotopic (exact) mass is 265 g/mol. The summed E-state index contributed by atoms with van der Waals surface area (Å²) in [7, 11) is 3.89. The Balaban J connectivity index is 2.11. The molecule has 1 aromatic rings. The summed E-state index contributed by atoms with van der Waals surface area (Å²) in [6.07, 6.45) is 10.9. The van der Waals surface area contributed by atoms with Crippen LogP contribution >= 0.6 is 0 Å². The van der Waals surface area contributed by atoms with Crippen molar-refractivity contribution >= 4 is 0 Å². The molecule has 0 bridgehead atoms. The smallest absolute Gasteiger partial charge is 0.110 e. The number of rotatable bonds is 7. The topological polar surface area (TPSA) is 39.1 Å². The molecular weight excluding hydrogens is 238 g/mol. The van der Waals surface area contributed by atoms with Crippen molar-refractivity contribution in [3.63, 3.8) is 0 Å². The van der Waals surface area contributed by atoms with Gasteiger partial charge in [-0.3, -0.25) is 0 Å². The van der Waals surface area contributed by atoms with Gasteiger partial charge in [0.25, 0.3) is 0 Å². The summed E-state index contributed by atoms with van der Waals surface area (Å²) in [4.78, 5) is 4.53. The van der Waals surface area contributed by atoms with Crippen LogP contribution in [0.1, 0.15) is 44.9 Å². The van der Waals surface area contributed by atoms with Gasteiger partial charge in [-0.05, 0) is 26.3 Å². The van der Waals surface area contributed by atoms with Crippen molar-refractivity contribution in [2.45, 2.75) is 63.6 Å². The highest BCUT2D eigenvalue weighted by Gasteiger charge is 2.41. The predicted octanol–water partition coefficient (Wildman–Crippen LogP) is 2.38. The normalized spacial score (nSPS) is 19.7. The Morgan fingerprint density at radius 2 is 2.21 bits per heavy atom. The lowest BCUT2D eigenvalue weighted by Gasteiger charge is -2.36. The number of methoxy groups -OCH3 is 1. The average molecular weight is 265 g/mol. The first-order chi connectivity index (χ1) is 9.25. The fourth-order valence-corrected chi connectivity index (χ4v) is 3.38. The maximum atomic E-state index is 5.90. The number of aromatic nitrogens is 2. The molecule has 1 atom stereocenters. The molecule has 0 aromatic carbocycles. The number of aryl methyl sites for hydroxylation is 1. The van der Waals surface area contributed by atoms with Gasteiger partial charge in [0.05, 0.1) is 5.60 Å². The van der Waals surface area contributed by atoms with Crippen LogP contribution in [-0.4, -0.2) is 35.4 Å². The van der Waals surface area contributed by atoms with Gasteiger partial charge in [-0.2, -0.15) is 0 Å². The first kappa shape index (κ1) is 14.5. The van der Waals surface area contributed by atoms with Crippen molar-refractivity contribution in [3.8, 4) is 0 Å². The van der Waals surface area contributed by atoms with Crippen LogP contribution in [0.4, 0.5) is 0 Å². The number of nitrogens with zero attached hydrogens (tertiary/aromatic N) is 2. The van der Waals surface area contributed by atoms with E-state index in [1.54, 1.807) is 0 Å². The SMILES string of the molecule is CCCn1ccnc1CC(NC)C1(OC)CCCC1.